The van der Waals surface area contributed by atoms with Crippen LogP contribution in [0.15, 0.2) is 12.7 Å². The van der Waals surface area contributed by atoms with E-state index in [2.05, 4.69) is 59.9 Å². The molecule has 0 aliphatic carbocycles. The molecule has 0 saturated heterocycles. The smallest absolute Gasteiger partial charge is 0.0201 e. The fourth-order valence-corrected chi connectivity index (χ4v) is 1.58. The molecule has 0 N–H and O–H groups in total. The minimum Gasteiger partial charge on any atom is -0.298 e. The van der Waals surface area contributed by atoms with Gasteiger partial charge in [0.2, 0.25) is 0 Å². The van der Waals surface area contributed by atoms with Crippen molar-refractivity contribution in [2.75, 3.05) is 13.1 Å². The van der Waals surface area contributed by atoms with Gasteiger partial charge < -0.3 is 0 Å². The van der Waals surface area contributed by atoms with Crippen molar-refractivity contribution in [3.05, 3.63) is 12.7 Å². The second-order valence-electron chi connectivity index (χ2n) is 5.80. The molecular formula is C21H51N. The summed E-state index contributed by atoms with van der Waals surface area (Å²) in [6.45, 7) is 35.8. The zero-order chi connectivity index (χ0) is 19.4. The van der Waals surface area contributed by atoms with Crippen molar-refractivity contribution in [1.29, 1.82) is 0 Å². The Balaban J connectivity index is -0.0000000900. The fourth-order valence-electron chi connectivity index (χ4n) is 1.58. The second-order valence-corrected chi connectivity index (χ2v) is 5.80. The Morgan fingerprint density at radius 1 is 0.818 bits per heavy atom. The van der Waals surface area contributed by atoms with Gasteiger partial charge in [-0.1, -0.05) is 82.2 Å². The first kappa shape index (κ1) is 33.3. The first-order valence-electron chi connectivity index (χ1n) is 9.51. The maximum Gasteiger partial charge on any atom is 0.0201 e. The largest absolute Gasteiger partial charge is 0.298 e. The maximum atomic E-state index is 3.36. The van der Waals surface area contributed by atoms with Gasteiger partial charge in [-0.3, -0.25) is 4.90 Å². The highest BCUT2D eigenvalue weighted by molar-refractivity contribution is 4.91. The minimum absolute atomic E-state index is 0.289. The van der Waals surface area contributed by atoms with Crippen LogP contribution in [0.25, 0.3) is 0 Å². The van der Waals surface area contributed by atoms with Gasteiger partial charge in [0.05, 0.1) is 0 Å². The molecule has 0 fully saturated rings. The van der Waals surface area contributed by atoms with Crippen LogP contribution in [-0.4, -0.2) is 23.5 Å². The quantitative estimate of drug-likeness (QED) is 0.478. The summed E-state index contributed by atoms with van der Waals surface area (Å²) in [7, 11) is 0. The van der Waals surface area contributed by atoms with E-state index in [0.29, 0.717) is 5.41 Å². The standard InChI is InChI=1S/C12H27N.C3H6.3C2H6/c1-8-10-13(9-2)12(6,7)11(3,4)5;1-3-2;3*1-2/h8-10H2,1-7H3;3H,1H2,2H3;3*1-2H3. The summed E-state index contributed by atoms with van der Waals surface area (Å²) in [6, 6.07) is 0. The monoisotopic (exact) mass is 317 g/mol. The summed E-state index contributed by atoms with van der Waals surface area (Å²) < 4.78 is 0. The average Bonchev–Trinajstić information content (AvgIpc) is 2.50. The predicted molar refractivity (Wildman–Crippen MR) is 111 cm³/mol. The lowest BCUT2D eigenvalue weighted by Gasteiger charge is -2.47. The lowest BCUT2D eigenvalue weighted by Crippen LogP contribution is -2.52. The van der Waals surface area contributed by atoms with Crippen LogP contribution in [-0.2, 0) is 0 Å². The first-order valence-corrected chi connectivity index (χ1v) is 9.51. The molecule has 0 rings (SSSR count). The van der Waals surface area contributed by atoms with Gasteiger partial charge in [0.1, 0.15) is 0 Å². The van der Waals surface area contributed by atoms with E-state index in [1.54, 1.807) is 6.08 Å². The van der Waals surface area contributed by atoms with Gasteiger partial charge in [-0.05, 0) is 45.7 Å². The van der Waals surface area contributed by atoms with Crippen molar-refractivity contribution in [2.45, 2.75) is 109 Å². The van der Waals surface area contributed by atoms with E-state index in [1.165, 1.54) is 13.0 Å². The van der Waals surface area contributed by atoms with Gasteiger partial charge in [-0.2, -0.15) is 0 Å². The van der Waals surface area contributed by atoms with Gasteiger partial charge in [-0.15, -0.1) is 6.58 Å². The number of hydrogen-bond acceptors (Lipinski definition) is 1. The molecule has 0 radical (unpaired) electrons. The molecule has 0 amide bonds. The minimum atomic E-state index is 0.289. The zero-order valence-electron chi connectivity index (χ0n) is 18.9. The van der Waals surface area contributed by atoms with Crippen molar-refractivity contribution in [2.24, 2.45) is 5.41 Å². The third kappa shape index (κ3) is 17.8. The summed E-state index contributed by atoms with van der Waals surface area (Å²) in [6.07, 6.45) is 2.99. The van der Waals surface area contributed by atoms with Gasteiger partial charge in [0.15, 0.2) is 0 Å². The van der Waals surface area contributed by atoms with Gasteiger partial charge >= 0.3 is 0 Å². The molecule has 0 aliphatic rings. The molecule has 0 aliphatic heterocycles. The molecule has 0 bridgehead atoms. The average molecular weight is 318 g/mol. The van der Waals surface area contributed by atoms with Gasteiger partial charge in [0, 0.05) is 5.54 Å². The molecule has 0 aromatic carbocycles. The third-order valence-electron chi connectivity index (χ3n) is 3.50. The molecule has 0 spiro atoms. The normalized spacial score (nSPS) is 9.59. The third-order valence-corrected chi connectivity index (χ3v) is 3.50. The fraction of sp³-hybridized carbons (Fsp3) is 0.905. The molecular weight excluding hydrogens is 266 g/mol. The first-order chi connectivity index (χ1) is 10.2. The second kappa shape index (κ2) is 23.0. The van der Waals surface area contributed by atoms with Crippen molar-refractivity contribution >= 4 is 0 Å². The van der Waals surface area contributed by atoms with E-state index in [0.717, 1.165) is 6.54 Å². The van der Waals surface area contributed by atoms with E-state index >= 15 is 0 Å². The number of hydrogen-bond donors (Lipinski definition) is 0. The molecule has 0 aromatic heterocycles. The Hall–Kier alpha value is -0.300. The summed E-state index contributed by atoms with van der Waals surface area (Å²) in [5, 5.41) is 0. The topological polar surface area (TPSA) is 3.24 Å². The van der Waals surface area contributed by atoms with Crippen LogP contribution in [0, 0.1) is 5.41 Å². The number of allylic oxidation sites excluding steroid dienone is 1. The maximum absolute atomic E-state index is 3.36. The van der Waals surface area contributed by atoms with Crippen LogP contribution in [0.5, 0.6) is 0 Å². The molecule has 0 saturated carbocycles. The Bertz CT molecular complexity index is 175. The lowest BCUT2D eigenvalue weighted by atomic mass is 9.75. The molecule has 0 atom stereocenters. The van der Waals surface area contributed by atoms with Gasteiger partial charge in [-0.25, -0.2) is 0 Å². The van der Waals surface area contributed by atoms with Crippen molar-refractivity contribution in [1.82, 2.24) is 4.90 Å². The molecule has 1 heteroatoms. The SMILES string of the molecule is C=CC.CC.CC.CC.CCCN(CC)C(C)(C)C(C)(C)C. The van der Waals surface area contributed by atoms with Crippen LogP contribution < -0.4 is 0 Å². The molecule has 0 aromatic rings. The van der Waals surface area contributed by atoms with Crippen LogP contribution in [0.1, 0.15) is 103 Å². The molecule has 140 valence electrons. The summed E-state index contributed by atoms with van der Waals surface area (Å²) >= 11 is 0. The van der Waals surface area contributed by atoms with E-state index in [1.807, 2.05) is 48.5 Å². The summed E-state index contributed by atoms with van der Waals surface area (Å²) in [4.78, 5) is 2.58. The van der Waals surface area contributed by atoms with Crippen molar-refractivity contribution in [3.63, 3.8) is 0 Å². The Kier molecular flexibility index (Phi) is 34.8. The van der Waals surface area contributed by atoms with E-state index in [4.69, 9.17) is 0 Å². The number of nitrogens with zero attached hydrogens (tertiary/aromatic N) is 1. The highest BCUT2D eigenvalue weighted by Crippen LogP contribution is 2.34. The summed E-state index contributed by atoms with van der Waals surface area (Å²) in [5.74, 6) is 0. The lowest BCUT2D eigenvalue weighted by molar-refractivity contribution is 0.0259. The highest BCUT2D eigenvalue weighted by atomic mass is 15.2. The van der Waals surface area contributed by atoms with Crippen LogP contribution >= 0.6 is 0 Å². The van der Waals surface area contributed by atoms with Crippen LogP contribution in [0.3, 0.4) is 0 Å². The Morgan fingerprint density at radius 2 is 1.09 bits per heavy atom. The molecule has 0 heterocycles. The predicted octanol–water partition coefficient (Wildman–Crippen LogP) is 7.81. The van der Waals surface area contributed by atoms with Crippen molar-refractivity contribution < 1.29 is 0 Å². The Labute approximate surface area is 145 Å². The molecule has 22 heavy (non-hydrogen) atoms. The molecule has 1 nitrogen and oxygen atoms in total. The van der Waals surface area contributed by atoms with Gasteiger partial charge in [0.25, 0.3) is 0 Å². The Morgan fingerprint density at radius 3 is 1.23 bits per heavy atom. The van der Waals surface area contributed by atoms with Crippen LogP contribution in [0.2, 0.25) is 0 Å². The summed E-state index contributed by atoms with van der Waals surface area (Å²) in [5.41, 5.74) is 0.635. The highest BCUT2D eigenvalue weighted by Gasteiger charge is 2.36. The molecule has 0 unspecified atom stereocenters. The van der Waals surface area contributed by atoms with E-state index in [-0.39, 0.29) is 5.54 Å². The number of rotatable bonds is 4. The van der Waals surface area contributed by atoms with E-state index < -0.39 is 0 Å². The van der Waals surface area contributed by atoms with E-state index in [9.17, 15) is 0 Å². The van der Waals surface area contributed by atoms with Crippen molar-refractivity contribution in [3.8, 4) is 0 Å². The zero-order valence-corrected chi connectivity index (χ0v) is 18.9. The van der Waals surface area contributed by atoms with Crippen LogP contribution in [0.4, 0.5) is 0 Å².